The highest BCUT2D eigenvalue weighted by molar-refractivity contribution is 5.96. The Morgan fingerprint density at radius 3 is 2.54 bits per heavy atom. The van der Waals surface area contributed by atoms with Gasteiger partial charge in [-0.2, -0.15) is 0 Å². The zero-order valence-electron chi connectivity index (χ0n) is 20.0. The minimum absolute atomic E-state index is 0.0556. The number of hydrogen-bond donors (Lipinski definition) is 3. The van der Waals surface area contributed by atoms with Crippen LogP contribution in [0.25, 0.3) is 5.65 Å². The molecule has 35 heavy (non-hydrogen) atoms. The van der Waals surface area contributed by atoms with Gasteiger partial charge in [0.15, 0.2) is 0 Å². The van der Waals surface area contributed by atoms with Crippen molar-refractivity contribution in [2.24, 2.45) is 0 Å². The van der Waals surface area contributed by atoms with E-state index in [0.717, 1.165) is 22.5 Å². The van der Waals surface area contributed by atoms with Gasteiger partial charge >= 0.3 is 6.03 Å². The molecule has 0 saturated heterocycles. The van der Waals surface area contributed by atoms with Crippen molar-refractivity contribution in [1.82, 2.24) is 20.0 Å². The Balaban J connectivity index is 1.35. The summed E-state index contributed by atoms with van der Waals surface area (Å²) in [6, 6.07) is 18.3. The molecule has 2 heterocycles. The number of hydrogen-bond acceptors (Lipinski definition) is 4. The minimum Gasteiger partial charge on any atom is -0.486 e. The summed E-state index contributed by atoms with van der Waals surface area (Å²) >= 11 is 0. The molecule has 0 saturated carbocycles. The molecule has 0 spiro atoms. The van der Waals surface area contributed by atoms with Crippen molar-refractivity contribution in [3.05, 3.63) is 95.4 Å². The first-order chi connectivity index (χ1) is 16.9. The number of pyridine rings is 1. The highest BCUT2D eigenvalue weighted by Crippen LogP contribution is 2.20. The second-order valence-electron chi connectivity index (χ2n) is 8.57. The largest absolute Gasteiger partial charge is 0.486 e. The van der Waals surface area contributed by atoms with Gasteiger partial charge in [0, 0.05) is 30.7 Å². The number of imidazole rings is 1. The number of carbonyl (C=O) groups excluding carboxylic acids is 2. The number of nitrogens with one attached hydrogen (secondary N) is 3. The standard InChI is InChI=1S/C27H29N5O3/c1-18(2)29-27(34)31-21-12-10-20(11-13-21)15-28-26(33)23-8-4-5-9-24(23)35-17-22-16-32-14-6-7-19(3)25(32)30-22/h4-14,16,18H,15,17H2,1-3H3,(H,28,33)(H2,29,31,34). The number of aryl methyl sites for hydroxylation is 1. The van der Waals surface area contributed by atoms with Crippen LogP contribution in [0.2, 0.25) is 0 Å². The van der Waals surface area contributed by atoms with E-state index < -0.39 is 0 Å². The Morgan fingerprint density at radius 2 is 1.80 bits per heavy atom. The molecule has 8 nitrogen and oxygen atoms in total. The lowest BCUT2D eigenvalue weighted by Crippen LogP contribution is -2.34. The van der Waals surface area contributed by atoms with Gasteiger partial charge in [0.1, 0.15) is 18.0 Å². The van der Waals surface area contributed by atoms with Crippen LogP contribution in [0, 0.1) is 6.92 Å². The molecule has 2 aromatic heterocycles. The fraction of sp³-hybridized carbons (Fsp3) is 0.222. The number of aromatic nitrogens is 2. The van der Waals surface area contributed by atoms with E-state index in [4.69, 9.17) is 4.74 Å². The van der Waals surface area contributed by atoms with E-state index in [1.807, 2.05) is 67.9 Å². The summed E-state index contributed by atoms with van der Waals surface area (Å²) in [7, 11) is 0. The summed E-state index contributed by atoms with van der Waals surface area (Å²) in [6.07, 6.45) is 3.87. The number of urea groups is 1. The first kappa shape index (κ1) is 23.8. The molecular formula is C27H29N5O3. The SMILES string of the molecule is Cc1cccn2cc(COc3ccccc3C(=O)NCc3ccc(NC(=O)NC(C)C)cc3)nc12. The average molecular weight is 472 g/mol. The molecule has 0 aliphatic heterocycles. The molecule has 3 N–H and O–H groups in total. The number of benzene rings is 2. The van der Waals surface area contributed by atoms with E-state index in [0.29, 0.717) is 23.5 Å². The van der Waals surface area contributed by atoms with Gasteiger partial charge in [-0.3, -0.25) is 4.79 Å². The molecule has 180 valence electrons. The molecule has 0 bridgehead atoms. The molecule has 3 amide bonds. The van der Waals surface area contributed by atoms with Gasteiger partial charge in [-0.05, 0) is 62.2 Å². The minimum atomic E-state index is -0.253. The third kappa shape index (κ3) is 6.17. The number of ether oxygens (including phenoxy) is 1. The Hall–Kier alpha value is -4.33. The van der Waals surface area contributed by atoms with E-state index in [9.17, 15) is 9.59 Å². The fourth-order valence-electron chi connectivity index (χ4n) is 3.62. The van der Waals surface area contributed by atoms with Gasteiger partial charge in [0.2, 0.25) is 0 Å². The van der Waals surface area contributed by atoms with Crippen LogP contribution in [0.15, 0.2) is 73.1 Å². The summed E-state index contributed by atoms with van der Waals surface area (Å²) in [5, 5.41) is 8.48. The summed E-state index contributed by atoms with van der Waals surface area (Å²) in [6.45, 7) is 6.41. The van der Waals surface area contributed by atoms with Crippen molar-refractivity contribution in [3.8, 4) is 5.75 Å². The van der Waals surface area contributed by atoms with Crippen LogP contribution in [0.4, 0.5) is 10.5 Å². The maximum atomic E-state index is 12.9. The van der Waals surface area contributed by atoms with E-state index >= 15 is 0 Å². The van der Waals surface area contributed by atoms with Crippen molar-refractivity contribution < 1.29 is 14.3 Å². The van der Waals surface area contributed by atoms with Crippen molar-refractivity contribution in [2.45, 2.75) is 40.0 Å². The normalized spacial score (nSPS) is 10.9. The Labute approximate surface area is 204 Å². The van der Waals surface area contributed by atoms with Crippen molar-refractivity contribution in [3.63, 3.8) is 0 Å². The predicted octanol–water partition coefficient (Wildman–Crippen LogP) is 4.68. The van der Waals surface area contributed by atoms with Gasteiger partial charge in [-0.15, -0.1) is 0 Å². The Kier molecular flexibility index (Phi) is 7.30. The molecule has 4 aromatic rings. The topological polar surface area (TPSA) is 96.8 Å². The Bertz CT molecular complexity index is 1330. The number of para-hydroxylation sites is 1. The van der Waals surface area contributed by atoms with Crippen LogP contribution in [0.5, 0.6) is 5.75 Å². The van der Waals surface area contributed by atoms with Crippen LogP contribution < -0.4 is 20.7 Å². The van der Waals surface area contributed by atoms with Gasteiger partial charge in [0.25, 0.3) is 5.91 Å². The lowest BCUT2D eigenvalue weighted by molar-refractivity contribution is 0.0946. The molecule has 2 aromatic carbocycles. The molecule has 4 rings (SSSR count). The van der Waals surface area contributed by atoms with Crippen molar-refractivity contribution in [1.29, 1.82) is 0 Å². The second kappa shape index (κ2) is 10.7. The first-order valence-electron chi connectivity index (χ1n) is 11.5. The summed E-state index contributed by atoms with van der Waals surface area (Å²) in [5.74, 6) is 0.263. The molecule has 0 atom stereocenters. The molecule has 0 aliphatic carbocycles. The van der Waals surface area contributed by atoms with Gasteiger partial charge in [-0.25, -0.2) is 9.78 Å². The molecule has 0 unspecified atom stereocenters. The maximum Gasteiger partial charge on any atom is 0.319 e. The van der Waals surface area contributed by atoms with Crippen LogP contribution in [-0.2, 0) is 13.2 Å². The smallest absolute Gasteiger partial charge is 0.319 e. The zero-order chi connectivity index (χ0) is 24.8. The molecule has 8 heteroatoms. The van der Waals surface area contributed by atoms with Gasteiger partial charge in [0.05, 0.1) is 11.3 Å². The number of carbonyl (C=O) groups is 2. The zero-order valence-corrected chi connectivity index (χ0v) is 20.0. The second-order valence-corrected chi connectivity index (χ2v) is 8.57. The molecule has 0 aliphatic rings. The van der Waals surface area contributed by atoms with E-state index in [1.54, 1.807) is 30.3 Å². The number of anilines is 1. The quantitative estimate of drug-likeness (QED) is 0.348. The summed E-state index contributed by atoms with van der Waals surface area (Å²) in [5.41, 5.74) is 4.80. The maximum absolute atomic E-state index is 12.9. The summed E-state index contributed by atoms with van der Waals surface area (Å²) < 4.78 is 7.93. The van der Waals surface area contributed by atoms with Crippen molar-refractivity contribution >= 4 is 23.3 Å². The van der Waals surface area contributed by atoms with Crippen molar-refractivity contribution in [2.75, 3.05) is 5.32 Å². The predicted molar refractivity (Wildman–Crippen MR) is 136 cm³/mol. The average Bonchev–Trinajstić information content (AvgIpc) is 3.26. The number of nitrogens with zero attached hydrogens (tertiary/aromatic N) is 2. The van der Waals surface area contributed by atoms with E-state index in [1.165, 1.54) is 0 Å². The first-order valence-corrected chi connectivity index (χ1v) is 11.5. The van der Waals surface area contributed by atoms with Gasteiger partial charge in [-0.1, -0.05) is 30.3 Å². The molecule has 0 radical (unpaired) electrons. The summed E-state index contributed by atoms with van der Waals surface area (Å²) in [4.78, 5) is 29.3. The fourth-order valence-corrected chi connectivity index (χ4v) is 3.62. The number of amides is 3. The van der Waals surface area contributed by atoms with Crippen LogP contribution in [-0.4, -0.2) is 27.4 Å². The lowest BCUT2D eigenvalue weighted by atomic mass is 10.1. The highest BCUT2D eigenvalue weighted by Gasteiger charge is 2.13. The molecular weight excluding hydrogens is 442 g/mol. The third-order valence-corrected chi connectivity index (χ3v) is 5.32. The number of fused-ring (bicyclic) bond motifs is 1. The molecule has 0 fully saturated rings. The van der Waals surface area contributed by atoms with Crippen LogP contribution in [0.3, 0.4) is 0 Å². The third-order valence-electron chi connectivity index (χ3n) is 5.32. The highest BCUT2D eigenvalue weighted by atomic mass is 16.5. The van der Waals surface area contributed by atoms with Crippen LogP contribution in [0.1, 0.15) is 41.0 Å². The van der Waals surface area contributed by atoms with Crippen LogP contribution >= 0.6 is 0 Å². The van der Waals surface area contributed by atoms with E-state index in [2.05, 4.69) is 20.9 Å². The number of rotatable bonds is 8. The lowest BCUT2D eigenvalue weighted by Gasteiger charge is -2.12. The Morgan fingerprint density at radius 1 is 1.03 bits per heavy atom. The van der Waals surface area contributed by atoms with Gasteiger partial charge < -0.3 is 25.1 Å². The van der Waals surface area contributed by atoms with E-state index in [-0.39, 0.29) is 24.6 Å². The monoisotopic (exact) mass is 471 g/mol.